The smallest absolute Gasteiger partial charge is 0.0672 e. The number of rotatable bonds is 4. The van der Waals surface area contributed by atoms with Gasteiger partial charge in [0.05, 0.1) is 0 Å². The fraction of sp³-hybridized carbons (Fsp3) is 0.250. The van der Waals surface area contributed by atoms with Gasteiger partial charge in [0.25, 0.3) is 0 Å². The summed E-state index contributed by atoms with van der Waals surface area (Å²) in [4.78, 5) is 0. The van der Waals surface area contributed by atoms with E-state index in [1.165, 1.54) is 56.6 Å². The number of fused-ring (bicyclic) bond motifs is 6. The molecule has 2 aliphatic rings. The Morgan fingerprint density at radius 3 is 1.39 bits per heavy atom. The van der Waals surface area contributed by atoms with Gasteiger partial charge in [0, 0.05) is 0 Å². The Hall–Kier alpha value is -2.90. The van der Waals surface area contributed by atoms with Crippen LogP contribution in [-0.4, -0.2) is 8.07 Å². The molecule has 0 radical (unpaired) electrons. The van der Waals surface area contributed by atoms with Crippen LogP contribution in [0, 0.1) is 13.8 Å². The minimum atomic E-state index is -1.98. The lowest BCUT2D eigenvalue weighted by atomic mass is 10.0. The number of hydrogen-bond donors (Lipinski definition) is 0. The van der Waals surface area contributed by atoms with Gasteiger partial charge in [-0.25, -0.2) is 0 Å². The first-order chi connectivity index (χ1) is 16.1. The van der Waals surface area contributed by atoms with Crippen molar-refractivity contribution >= 4 is 18.4 Å². The third-order valence-corrected chi connectivity index (χ3v) is 14.3. The molecule has 0 aromatic heterocycles. The summed E-state index contributed by atoms with van der Waals surface area (Å²) in [6.45, 7) is 9.69. The molecular weight excluding hydrogens is 412 g/mol. The lowest BCUT2D eigenvalue weighted by molar-refractivity contribution is 1.21. The van der Waals surface area contributed by atoms with Crippen LogP contribution in [0.25, 0.3) is 22.3 Å². The lowest BCUT2D eigenvalue weighted by Gasteiger charge is -2.37. The molecule has 4 aromatic rings. The fourth-order valence-corrected chi connectivity index (χ4v) is 12.5. The lowest BCUT2D eigenvalue weighted by Crippen LogP contribution is -2.61. The highest BCUT2D eigenvalue weighted by atomic mass is 28.3. The van der Waals surface area contributed by atoms with E-state index in [0.717, 1.165) is 12.8 Å². The van der Waals surface area contributed by atoms with Crippen LogP contribution >= 0.6 is 0 Å². The van der Waals surface area contributed by atoms with Gasteiger partial charge in [-0.1, -0.05) is 110 Å². The second-order valence-electron chi connectivity index (χ2n) is 10.0. The molecular formula is C32H32Si. The molecule has 0 saturated heterocycles. The molecule has 0 nitrogen and oxygen atoms in total. The molecule has 0 unspecified atom stereocenters. The highest BCUT2D eigenvalue weighted by molar-refractivity contribution is 7.03. The Morgan fingerprint density at radius 2 is 0.970 bits per heavy atom. The van der Waals surface area contributed by atoms with Crippen LogP contribution in [0.15, 0.2) is 72.8 Å². The molecule has 0 saturated carbocycles. The van der Waals surface area contributed by atoms with Crippen molar-refractivity contribution in [3.63, 3.8) is 0 Å². The van der Waals surface area contributed by atoms with E-state index in [-0.39, 0.29) is 0 Å². The van der Waals surface area contributed by atoms with Gasteiger partial charge >= 0.3 is 0 Å². The molecule has 6 rings (SSSR count). The topological polar surface area (TPSA) is 0 Å². The molecule has 1 heteroatoms. The average Bonchev–Trinajstić information content (AvgIpc) is 3.40. The Balaban J connectivity index is 1.64. The quantitative estimate of drug-likeness (QED) is 0.256. The van der Waals surface area contributed by atoms with Crippen LogP contribution in [0.1, 0.15) is 47.2 Å². The summed E-state index contributed by atoms with van der Waals surface area (Å²) in [6, 6.07) is 30.2. The number of benzene rings is 4. The minimum Gasteiger partial charge on any atom is -0.0672 e. The second kappa shape index (κ2) is 7.57. The van der Waals surface area contributed by atoms with E-state index in [2.05, 4.69) is 100 Å². The van der Waals surface area contributed by atoms with Crippen LogP contribution in [0.2, 0.25) is 12.1 Å². The normalized spacial score (nSPS) is 13.5. The van der Waals surface area contributed by atoms with Gasteiger partial charge in [-0.3, -0.25) is 0 Å². The van der Waals surface area contributed by atoms with Crippen molar-refractivity contribution in [3.05, 3.63) is 106 Å². The molecule has 0 bridgehead atoms. The van der Waals surface area contributed by atoms with Crippen molar-refractivity contribution in [1.82, 2.24) is 0 Å². The first kappa shape index (κ1) is 20.7. The second-order valence-corrected chi connectivity index (χ2v) is 14.6. The van der Waals surface area contributed by atoms with Crippen LogP contribution in [0.3, 0.4) is 0 Å². The zero-order chi connectivity index (χ0) is 22.7. The van der Waals surface area contributed by atoms with Gasteiger partial charge in [-0.15, -0.1) is 0 Å². The molecule has 0 amide bonds. The third-order valence-electron chi connectivity index (χ3n) is 8.56. The summed E-state index contributed by atoms with van der Waals surface area (Å²) in [5.41, 5.74) is 15.1. The van der Waals surface area contributed by atoms with Crippen LogP contribution < -0.4 is 10.4 Å². The monoisotopic (exact) mass is 444 g/mol. The van der Waals surface area contributed by atoms with Gasteiger partial charge < -0.3 is 0 Å². The summed E-state index contributed by atoms with van der Waals surface area (Å²) in [6.07, 6.45) is 2.18. The molecule has 0 N–H and O–H groups in total. The molecule has 164 valence electrons. The average molecular weight is 445 g/mol. The first-order valence-corrected chi connectivity index (χ1v) is 14.9. The van der Waals surface area contributed by atoms with Crippen molar-refractivity contribution in [3.8, 4) is 22.3 Å². The van der Waals surface area contributed by atoms with Crippen molar-refractivity contribution in [2.45, 2.75) is 52.6 Å². The Bertz CT molecular complexity index is 1300. The van der Waals surface area contributed by atoms with Crippen LogP contribution in [0.5, 0.6) is 0 Å². The predicted molar refractivity (Wildman–Crippen MR) is 145 cm³/mol. The van der Waals surface area contributed by atoms with Crippen molar-refractivity contribution in [2.75, 3.05) is 0 Å². The van der Waals surface area contributed by atoms with Gasteiger partial charge in [0.15, 0.2) is 0 Å². The first-order valence-electron chi connectivity index (χ1n) is 12.5. The molecule has 4 aromatic carbocycles. The van der Waals surface area contributed by atoms with Gasteiger partial charge in [-0.05, 0) is 81.6 Å². The van der Waals surface area contributed by atoms with Gasteiger partial charge in [0.1, 0.15) is 8.07 Å². The van der Waals surface area contributed by atoms with Crippen LogP contribution in [-0.2, 0) is 12.8 Å². The van der Waals surface area contributed by atoms with Crippen molar-refractivity contribution < 1.29 is 0 Å². The summed E-state index contributed by atoms with van der Waals surface area (Å²) in [5, 5.41) is 3.46. The van der Waals surface area contributed by atoms with Gasteiger partial charge in [-0.2, -0.15) is 0 Å². The maximum atomic E-state index is 2.47. The summed E-state index contributed by atoms with van der Waals surface area (Å²) >= 11 is 0. The largest absolute Gasteiger partial charge is 0.119 e. The van der Waals surface area contributed by atoms with E-state index in [9.17, 15) is 0 Å². The molecule has 33 heavy (non-hydrogen) atoms. The van der Waals surface area contributed by atoms with E-state index in [1.807, 2.05) is 0 Å². The highest BCUT2D eigenvalue weighted by Gasteiger charge is 2.42. The number of aryl methyl sites for hydroxylation is 2. The number of hydrogen-bond acceptors (Lipinski definition) is 0. The molecule has 0 spiro atoms. The van der Waals surface area contributed by atoms with Crippen molar-refractivity contribution in [2.24, 2.45) is 0 Å². The Kier molecular flexibility index (Phi) is 4.74. The van der Waals surface area contributed by atoms with E-state index in [1.54, 1.807) is 21.5 Å². The third kappa shape index (κ3) is 2.82. The van der Waals surface area contributed by atoms with E-state index in [4.69, 9.17) is 0 Å². The van der Waals surface area contributed by atoms with E-state index in [0.29, 0.717) is 0 Å². The standard InChI is InChI=1S/C32H32Si/c1-5-33(6-2,31-21(3)15-17-27-25-13-9-7-11-23(25)19-29(27)31)32-22(4)16-18-28-26-14-10-8-12-24(26)20-30(28)32/h7-18H,5-6,19-20H2,1-4H3. The zero-order valence-electron chi connectivity index (χ0n) is 20.3. The highest BCUT2D eigenvalue weighted by Crippen LogP contribution is 2.41. The maximum Gasteiger partial charge on any atom is 0.119 e. The van der Waals surface area contributed by atoms with E-state index < -0.39 is 8.07 Å². The predicted octanol–water partition coefficient (Wildman–Crippen LogP) is 7.05. The molecule has 0 aliphatic heterocycles. The van der Waals surface area contributed by atoms with E-state index >= 15 is 0 Å². The molecule has 2 aliphatic carbocycles. The minimum absolute atomic E-state index is 1.09. The zero-order valence-corrected chi connectivity index (χ0v) is 21.3. The van der Waals surface area contributed by atoms with Crippen LogP contribution in [0.4, 0.5) is 0 Å². The maximum absolute atomic E-state index is 2.47. The SMILES string of the molecule is CC[Si](CC)(c1c(C)ccc2c1Cc1ccccc1-2)c1c(C)ccc2c1Cc1ccccc1-2. The fourth-order valence-electron chi connectivity index (χ4n) is 7.07. The Morgan fingerprint density at radius 1 is 0.545 bits per heavy atom. The summed E-state index contributed by atoms with van der Waals surface area (Å²) in [5.74, 6) is 0. The Labute approximate surface area is 199 Å². The van der Waals surface area contributed by atoms with Gasteiger partial charge in [0.2, 0.25) is 0 Å². The van der Waals surface area contributed by atoms with Crippen molar-refractivity contribution in [1.29, 1.82) is 0 Å². The molecule has 0 atom stereocenters. The summed E-state index contributed by atoms with van der Waals surface area (Å²) < 4.78 is 0. The molecule has 0 fully saturated rings. The molecule has 0 heterocycles. The summed E-state index contributed by atoms with van der Waals surface area (Å²) in [7, 11) is -1.98.